The summed E-state index contributed by atoms with van der Waals surface area (Å²) in [6, 6.07) is 7.12. The van der Waals surface area contributed by atoms with Gasteiger partial charge in [0, 0.05) is 6.04 Å². The van der Waals surface area contributed by atoms with Crippen molar-refractivity contribution in [3.05, 3.63) is 29.3 Å². The van der Waals surface area contributed by atoms with Crippen LogP contribution in [-0.4, -0.2) is 25.2 Å². The second-order valence-corrected chi connectivity index (χ2v) is 6.39. The van der Waals surface area contributed by atoms with Crippen molar-refractivity contribution in [2.45, 2.75) is 38.6 Å². The van der Waals surface area contributed by atoms with Crippen LogP contribution in [0.2, 0.25) is 0 Å². The van der Waals surface area contributed by atoms with Gasteiger partial charge in [-0.2, -0.15) is 11.8 Å². The minimum atomic E-state index is 0.503. The van der Waals surface area contributed by atoms with Gasteiger partial charge in [0.25, 0.3) is 0 Å². The van der Waals surface area contributed by atoms with Crippen LogP contribution in [0.1, 0.15) is 43.4 Å². The summed E-state index contributed by atoms with van der Waals surface area (Å²) >= 11 is 1.98. The number of hydrogen-bond donors (Lipinski definition) is 1. The van der Waals surface area contributed by atoms with E-state index in [0.29, 0.717) is 6.04 Å². The maximum Gasteiger partial charge on any atom is 0.119 e. The molecule has 0 saturated carbocycles. The summed E-state index contributed by atoms with van der Waals surface area (Å²) in [5.41, 5.74) is 2.92. The molecule has 0 bridgehead atoms. The maximum absolute atomic E-state index is 5.87. The Morgan fingerprint density at radius 1 is 1.42 bits per heavy atom. The van der Waals surface area contributed by atoms with Crippen LogP contribution in [0.4, 0.5) is 0 Å². The van der Waals surface area contributed by atoms with E-state index in [2.05, 4.69) is 37.5 Å². The first-order valence-electron chi connectivity index (χ1n) is 7.35. The molecular formula is C16H25NOS. The van der Waals surface area contributed by atoms with Gasteiger partial charge in [0.1, 0.15) is 5.75 Å². The summed E-state index contributed by atoms with van der Waals surface area (Å²) in [5, 5.41) is 3.41. The van der Waals surface area contributed by atoms with Crippen molar-refractivity contribution in [1.29, 1.82) is 0 Å². The zero-order valence-corrected chi connectivity index (χ0v) is 12.9. The lowest BCUT2D eigenvalue weighted by Gasteiger charge is -2.25. The molecule has 0 amide bonds. The minimum Gasteiger partial charge on any atom is -0.494 e. The monoisotopic (exact) mass is 279 g/mol. The smallest absolute Gasteiger partial charge is 0.119 e. The van der Waals surface area contributed by atoms with Crippen molar-refractivity contribution in [1.82, 2.24) is 5.32 Å². The molecule has 1 atom stereocenters. The van der Waals surface area contributed by atoms with E-state index in [9.17, 15) is 0 Å². The summed E-state index contributed by atoms with van der Waals surface area (Å²) in [5.74, 6) is 3.42. The van der Waals surface area contributed by atoms with Crippen molar-refractivity contribution in [2.24, 2.45) is 0 Å². The minimum absolute atomic E-state index is 0.503. The third kappa shape index (κ3) is 4.15. The highest BCUT2D eigenvalue weighted by atomic mass is 32.2. The largest absolute Gasteiger partial charge is 0.494 e. The van der Waals surface area contributed by atoms with Crippen LogP contribution in [0.3, 0.4) is 0 Å². The highest BCUT2D eigenvalue weighted by molar-refractivity contribution is 7.99. The molecule has 1 N–H and O–H groups in total. The molecule has 106 valence electrons. The first kappa shape index (κ1) is 14.7. The van der Waals surface area contributed by atoms with Crippen molar-refractivity contribution in [3.63, 3.8) is 0 Å². The normalized spacial score (nSPS) is 18.1. The third-order valence-electron chi connectivity index (χ3n) is 3.69. The highest BCUT2D eigenvalue weighted by Gasteiger charge is 2.18. The van der Waals surface area contributed by atoms with Gasteiger partial charge in [0.05, 0.1) is 6.61 Å². The SMILES string of the molecule is CCSCCCOc1ccc2c(c1)C(NC)CCC2. The molecule has 0 heterocycles. The Bertz CT molecular complexity index is 394. The molecule has 1 aliphatic carbocycles. The summed E-state index contributed by atoms with van der Waals surface area (Å²) in [6.45, 7) is 3.03. The fourth-order valence-corrected chi connectivity index (χ4v) is 3.27. The molecule has 1 aliphatic rings. The van der Waals surface area contributed by atoms with Crippen molar-refractivity contribution in [3.8, 4) is 5.75 Å². The Balaban J connectivity index is 1.92. The number of hydrogen-bond acceptors (Lipinski definition) is 3. The molecule has 0 radical (unpaired) electrons. The zero-order chi connectivity index (χ0) is 13.5. The predicted molar refractivity (Wildman–Crippen MR) is 84.3 cm³/mol. The van der Waals surface area contributed by atoms with Crippen LogP contribution >= 0.6 is 11.8 Å². The van der Waals surface area contributed by atoms with Crippen LogP contribution in [0.5, 0.6) is 5.75 Å². The number of aryl methyl sites for hydroxylation is 1. The second kappa shape index (κ2) is 7.81. The van der Waals surface area contributed by atoms with Gasteiger partial charge in [-0.1, -0.05) is 13.0 Å². The number of ether oxygens (including phenoxy) is 1. The van der Waals surface area contributed by atoms with Crippen LogP contribution in [-0.2, 0) is 6.42 Å². The van der Waals surface area contributed by atoms with E-state index in [4.69, 9.17) is 4.74 Å². The number of benzene rings is 1. The van der Waals surface area contributed by atoms with Crippen LogP contribution < -0.4 is 10.1 Å². The van der Waals surface area contributed by atoms with E-state index < -0.39 is 0 Å². The van der Waals surface area contributed by atoms with Crippen LogP contribution in [0.25, 0.3) is 0 Å². The van der Waals surface area contributed by atoms with Gasteiger partial charge in [0.2, 0.25) is 0 Å². The number of thioether (sulfide) groups is 1. The van der Waals surface area contributed by atoms with E-state index in [1.165, 1.54) is 41.9 Å². The molecule has 0 spiro atoms. The number of rotatable bonds is 7. The predicted octanol–water partition coefficient (Wildman–Crippen LogP) is 3.81. The Kier molecular flexibility index (Phi) is 6.05. The zero-order valence-electron chi connectivity index (χ0n) is 12.1. The lowest BCUT2D eigenvalue weighted by atomic mass is 9.87. The van der Waals surface area contributed by atoms with Gasteiger partial charge in [-0.25, -0.2) is 0 Å². The van der Waals surface area contributed by atoms with Gasteiger partial charge in [-0.3, -0.25) is 0 Å². The molecule has 2 rings (SSSR count). The molecule has 1 aromatic rings. The average molecular weight is 279 g/mol. The Morgan fingerprint density at radius 2 is 2.32 bits per heavy atom. The van der Waals surface area contributed by atoms with Gasteiger partial charge in [-0.15, -0.1) is 0 Å². The average Bonchev–Trinajstić information content (AvgIpc) is 2.46. The topological polar surface area (TPSA) is 21.3 Å². The molecule has 0 aromatic heterocycles. The molecule has 19 heavy (non-hydrogen) atoms. The Morgan fingerprint density at radius 3 is 3.11 bits per heavy atom. The van der Waals surface area contributed by atoms with E-state index >= 15 is 0 Å². The molecular weight excluding hydrogens is 254 g/mol. The fraction of sp³-hybridized carbons (Fsp3) is 0.625. The lowest BCUT2D eigenvalue weighted by Crippen LogP contribution is -2.21. The highest BCUT2D eigenvalue weighted by Crippen LogP contribution is 2.32. The van der Waals surface area contributed by atoms with Crippen molar-refractivity contribution >= 4 is 11.8 Å². The van der Waals surface area contributed by atoms with Crippen molar-refractivity contribution in [2.75, 3.05) is 25.2 Å². The van der Waals surface area contributed by atoms with Crippen LogP contribution in [0.15, 0.2) is 18.2 Å². The number of nitrogens with one attached hydrogen (secondary N) is 1. The molecule has 2 nitrogen and oxygen atoms in total. The number of fused-ring (bicyclic) bond motifs is 1. The fourth-order valence-electron chi connectivity index (χ4n) is 2.66. The molecule has 1 aromatic carbocycles. The van der Waals surface area contributed by atoms with Gasteiger partial charge >= 0.3 is 0 Å². The first-order valence-corrected chi connectivity index (χ1v) is 8.51. The maximum atomic E-state index is 5.87. The molecule has 3 heteroatoms. The second-order valence-electron chi connectivity index (χ2n) is 4.99. The van der Waals surface area contributed by atoms with Gasteiger partial charge in [0.15, 0.2) is 0 Å². The van der Waals surface area contributed by atoms with Crippen molar-refractivity contribution < 1.29 is 4.74 Å². The lowest BCUT2D eigenvalue weighted by molar-refractivity contribution is 0.317. The molecule has 0 fully saturated rings. The molecule has 1 unspecified atom stereocenters. The Hall–Kier alpha value is -0.670. The summed E-state index contributed by atoms with van der Waals surface area (Å²) in [4.78, 5) is 0. The quantitative estimate of drug-likeness (QED) is 0.767. The molecule has 0 aliphatic heterocycles. The van der Waals surface area contributed by atoms with Crippen LogP contribution in [0, 0.1) is 0 Å². The van der Waals surface area contributed by atoms with Gasteiger partial charge < -0.3 is 10.1 Å². The van der Waals surface area contributed by atoms with E-state index in [-0.39, 0.29) is 0 Å². The third-order valence-corrected chi connectivity index (χ3v) is 4.67. The van der Waals surface area contributed by atoms with Gasteiger partial charge in [-0.05, 0) is 67.5 Å². The van der Waals surface area contributed by atoms with E-state index in [1.54, 1.807) is 0 Å². The standard InChI is InChI=1S/C16H25NOS/c1-3-19-11-5-10-18-14-9-8-13-6-4-7-16(17-2)15(13)12-14/h8-9,12,16-17H,3-7,10-11H2,1-2H3. The first-order chi connectivity index (χ1) is 9.35. The summed E-state index contributed by atoms with van der Waals surface area (Å²) < 4.78 is 5.87. The van der Waals surface area contributed by atoms with E-state index in [1.807, 2.05) is 11.8 Å². The summed E-state index contributed by atoms with van der Waals surface area (Å²) in [7, 11) is 2.05. The summed E-state index contributed by atoms with van der Waals surface area (Å²) in [6.07, 6.45) is 4.86. The van der Waals surface area contributed by atoms with E-state index in [0.717, 1.165) is 18.8 Å². The molecule has 0 saturated heterocycles. The Labute approximate surface area is 121 Å².